The number of alkyl carbamates (subject to hydrolysis) is 4. The van der Waals surface area contributed by atoms with Crippen molar-refractivity contribution in [3.05, 3.63) is 11.8 Å². The number of likely N-dealkylation sites (N-methyl/N-ethyl adjacent to an activating group) is 1. The largest absolute Gasteiger partial charge is 0.466 e. The van der Waals surface area contributed by atoms with Gasteiger partial charge < -0.3 is 94.2 Å². The Labute approximate surface area is 483 Å². The number of ether oxygens (including phenoxy) is 10. The molecule has 1 aliphatic heterocycles. The number of aliphatic hydroxyl groups is 3. The molecule has 2 fully saturated rings. The second kappa shape index (κ2) is 29.4. The summed E-state index contributed by atoms with van der Waals surface area (Å²) in [5.41, 5.74) is -5.55. The van der Waals surface area contributed by atoms with Gasteiger partial charge in [-0.2, -0.15) is 0 Å². The van der Waals surface area contributed by atoms with Crippen LogP contribution in [0.15, 0.2) is 16.8 Å². The Morgan fingerprint density at radius 2 is 1.16 bits per heavy atom. The van der Waals surface area contributed by atoms with Crippen molar-refractivity contribution in [1.29, 1.82) is 0 Å². The molecule has 9 N–H and O–H groups in total. The van der Waals surface area contributed by atoms with E-state index in [9.17, 15) is 44.1 Å². The van der Waals surface area contributed by atoms with E-state index in [4.69, 9.17) is 47.4 Å². The summed E-state index contributed by atoms with van der Waals surface area (Å²) in [6.07, 6.45) is -12.4. The fraction of sp³-hybridized carbons (Fsp3) is 0.836. The fourth-order valence-corrected chi connectivity index (χ4v) is 8.36. The lowest BCUT2D eigenvalue weighted by Crippen LogP contribution is -2.68. The first kappa shape index (κ1) is 70.8. The van der Waals surface area contributed by atoms with Gasteiger partial charge in [-0.15, -0.1) is 4.99 Å². The molecule has 6 amide bonds. The molecule has 27 heteroatoms. The van der Waals surface area contributed by atoms with Crippen LogP contribution in [0.4, 0.5) is 28.8 Å². The molecule has 0 radical (unpaired) electrons. The zero-order valence-electron chi connectivity index (χ0n) is 51.9. The SMILES string of the molecule is C[C@@H]([C@@H](O)[C@H](OCCO)O[C@@H]1[C@@H](O)[C@H](O[C@H]2OC(CNC[C@H]3C[C@H](NC(=O)OC(C)(C)C)C3)=CC[C@H]2N/C(=N/C(=O)OC(C)(C)C)NC(=O)OC(C)(C)C)[C@@H](NC(=O)OC(C)(C)C)C[C@H]1NC(=O)OC(C)(C)C)N(C)C(=O)OC(C)(C)C. The Hall–Kier alpha value is -5.45. The first-order valence-electron chi connectivity index (χ1n) is 27.9. The number of nitrogens with one attached hydrogen (secondary N) is 6. The molecule has 0 aromatic carbocycles. The molecule has 2 saturated carbocycles. The summed E-state index contributed by atoms with van der Waals surface area (Å²) in [7, 11) is 1.39. The third-order valence-electron chi connectivity index (χ3n) is 11.8. The molecule has 0 spiro atoms. The van der Waals surface area contributed by atoms with Crippen molar-refractivity contribution >= 4 is 42.5 Å². The van der Waals surface area contributed by atoms with E-state index >= 15 is 0 Å². The summed E-state index contributed by atoms with van der Waals surface area (Å²) >= 11 is 0. The smallest absolute Gasteiger partial charge is 0.437 e. The van der Waals surface area contributed by atoms with E-state index in [-0.39, 0.29) is 31.3 Å². The van der Waals surface area contributed by atoms with Crippen LogP contribution >= 0.6 is 0 Å². The van der Waals surface area contributed by atoms with Crippen molar-refractivity contribution in [3.8, 4) is 0 Å². The topological polar surface area (TPSA) is 343 Å². The van der Waals surface area contributed by atoms with Gasteiger partial charge in [0.1, 0.15) is 63.8 Å². The fourth-order valence-electron chi connectivity index (χ4n) is 8.36. The molecule has 0 bridgehead atoms. The summed E-state index contributed by atoms with van der Waals surface area (Å²) in [6.45, 7) is 31.3. The number of hydrogen-bond acceptors (Lipinski definition) is 20. The van der Waals surface area contributed by atoms with E-state index in [2.05, 4.69) is 36.9 Å². The quantitative estimate of drug-likeness (QED) is 0.0351. The van der Waals surface area contributed by atoms with Crippen molar-refractivity contribution in [1.82, 2.24) is 36.8 Å². The van der Waals surface area contributed by atoms with E-state index in [0.717, 1.165) is 4.90 Å². The average Bonchev–Trinajstić information content (AvgIpc) is 3.32. The predicted octanol–water partition coefficient (Wildman–Crippen LogP) is 5.56. The van der Waals surface area contributed by atoms with Crippen LogP contribution < -0.4 is 31.9 Å². The molecule has 3 aliphatic rings. The lowest BCUT2D eigenvalue weighted by atomic mass is 9.80. The molecule has 0 saturated heterocycles. The number of guanidine groups is 1. The minimum Gasteiger partial charge on any atom is -0.466 e. The average molecular weight is 1180 g/mol. The summed E-state index contributed by atoms with van der Waals surface area (Å²) in [6, 6.07) is -4.80. The highest BCUT2D eigenvalue weighted by molar-refractivity contribution is 5.99. The second-order valence-corrected chi connectivity index (χ2v) is 26.7. The molecule has 3 rings (SSSR count). The second-order valence-electron chi connectivity index (χ2n) is 26.7. The Kier molecular flexibility index (Phi) is 25.4. The maximum atomic E-state index is 13.8. The third-order valence-corrected chi connectivity index (χ3v) is 11.8. The summed E-state index contributed by atoms with van der Waals surface area (Å²) in [5.74, 6) is 0.121. The van der Waals surface area contributed by atoms with Gasteiger partial charge in [-0.05, 0) is 176 Å². The van der Waals surface area contributed by atoms with Crippen LogP contribution in [0, 0.1) is 5.92 Å². The third kappa shape index (κ3) is 26.4. The zero-order valence-corrected chi connectivity index (χ0v) is 51.9. The predicted molar refractivity (Wildman–Crippen MR) is 299 cm³/mol. The van der Waals surface area contributed by atoms with E-state index in [1.807, 2.05) is 0 Å². The first-order chi connectivity index (χ1) is 37.4. The van der Waals surface area contributed by atoms with Crippen molar-refractivity contribution in [3.63, 3.8) is 0 Å². The van der Waals surface area contributed by atoms with Crippen molar-refractivity contribution in [2.24, 2.45) is 10.9 Å². The van der Waals surface area contributed by atoms with Crippen LogP contribution in [-0.2, 0) is 47.4 Å². The molecular formula is C55H98N8O19. The lowest BCUT2D eigenvalue weighted by molar-refractivity contribution is -0.275. The highest BCUT2D eigenvalue weighted by atomic mass is 16.7. The van der Waals surface area contributed by atoms with E-state index in [0.29, 0.717) is 25.1 Å². The van der Waals surface area contributed by atoms with Gasteiger partial charge in [-0.3, -0.25) is 5.32 Å². The van der Waals surface area contributed by atoms with Gasteiger partial charge in [0.15, 0.2) is 6.29 Å². The van der Waals surface area contributed by atoms with Crippen molar-refractivity contribution in [2.75, 3.05) is 33.4 Å². The van der Waals surface area contributed by atoms with Gasteiger partial charge in [0.05, 0.1) is 43.9 Å². The first-order valence-corrected chi connectivity index (χ1v) is 27.9. The number of carbonyl (C=O) groups is 6. The standard InChI is InChI=1S/C55H98N8O19/c1-30(63(20)49(72)82-55(17,18)19)37(65)42(73-24-23-64)76-40-36(60-46(69)79-52(8,9)10)27-35(59-45(68)78-51(5,6)7)39(38(40)66)75-41-34(58-43(61-47(70)80-53(11,12)13)62-48(71)81-54(14,15)16)22-21-33(74-41)29-56-28-31-25-32(26-31)57-44(67)77-50(2,3)4/h21,30-32,34-42,56,64-66H,22-29H2,1-20H3,(H,57,67)(H,59,68)(H,60,69)(H2,58,61,62,70,71)/t30-,31-,32-,34+,35-,36+,37+,38-,39+,40-,41+,42+/m0/s1. The Morgan fingerprint density at radius 1 is 0.671 bits per heavy atom. The number of carbonyl (C=O) groups excluding carboxylic acids is 6. The Bertz CT molecular complexity index is 2190. The van der Waals surface area contributed by atoms with Crippen LogP contribution in [0.1, 0.15) is 157 Å². The maximum Gasteiger partial charge on any atom is 0.437 e. The van der Waals surface area contributed by atoms with Gasteiger partial charge in [-0.1, -0.05) is 0 Å². The number of hydrogen-bond donors (Lipinski definition) is 9. The monoisotopic (exact) mass is 1170 g/mol. The highest BCUT2D eigenvalue weighted by Gasteiger charge is 2.51. The van der Waals surface area contributed by atoms with Gasteiger partial charge in [0, 0.05) is 13.1 Å². The van der Waals surface area contributed by atoms with Gasteiger partial charge in [0.2, 0.25) is 12.2 Å². The van der Waals surface area contributed by atoms with Gasteiger partial charge in [-0.25, -0.2) is 28.8 Å². The number of amides is 6. The number of aliphatic hydroxyl groups excluding tert-OH is 3. The molecule has 0 unspecified atom stereocenters. The zero-order chi connectivity index (χ0) is 62.5. The Balaban J connectivity index is 2.19. The van der Waals surface area contributed by atoms with Crippen LogP contribution in [0.2, 0.25) is 0 Å². The summed E-state index contributed by atoms with van der Waals surface area (Å²) in [4.78, 5) is 84.9. The van der Waals surface area contributed by atoms with Crippen LogP contribution in [0.3, 0.4) is 0 Å². The normalized spacial score (nSPS) is 24.7. The van der Waals surface area contributed by atoms with Crippen LogP contribution in [0.5, 0.6) is 0 Å². The highest BCUT2D eigenvalue weighted by Crippen LogP contribution is 2.33. The minimum atomic E-state index is -1.91. The maximum absolute atomic E-state index is 13.8. The van der Waals surface area contributed by atoms with Crippen LogP contribution in [-0.4, -0.2) is 197 Å². The molecule has 0 aromatic heterocycles. The number of nitrogens with zero attached hydrogens (tertiary/aromatic N) is 2. The molecule has 27 nitrogen and oxygen atoms in total. The molecule has 2 aliphatic carbocycles. The van der Waals surface area contributed by atoms with Crippen molar-refractivity contribution in [2.45, 2.75) is 258 Å². The number of aliphatic imine (C=N–C) groups is 1. The van der Waals surface area contributed by atoms with Crippen molar-refractivity contribution < 1.29 is 91.5 Å². The van der Waals surface area contributed by atoms with E-state index in [1.165, 1.54) is 14.0 Å². The molecule has 472 valence electrons. The van der Waals surface area contributed by atoms with Crippen LogP contribution in [0.25, 0.3) is 0 Å². The minimum absolute atomic E-state index is 0.0539. The summed E-state index contributed by atoms with van der Waals surface area (Å²) in [5, 5.41) is 52.0. The Morgan fingerprint density at radius 3 is 1.66 bits per heavy atom. The van der Waals surface area contributed by atoms with Gasteiger partial charge in [0.25, 0.3) is 0 Å². The molecule has 10 atom stereocenters. The van der Waals surface area contributed by atoms with Gasteiger partial charge >= 0.3 is 36.6 Å². The summed E-state index contributed by atoms with van der Waals surface area (Å²) < 4.78 is 59.0. The molecule has 1 heterocycles. The molecule has 82 heavy (non-hydrogen) atoms. The lowest BCUT2D eigenvalue weighted by Gasteiger charge is -2.47. The number of rotatable bonds is 18. The van der Waals surface area contributed by atoms with E-state index in [1.54, 1.807) is 131 Å². The van der Waals surface area contributed by atoms with E-state index < -0.39 is 151 Å². The molecular weight excluding hydrogens is 1080 g/mol. The molecule has 0 aromatic rings.